The number of aromatic nitrogens is 1. The van der Waals surface area contributed by atoms with Crippen LogP contribution in [0.5, 0.6) is 5.75 Å². The maximum absolute atomic E-state index is 13.2. The first-order valence-electron chi connectivity index (χ1n) is 11.5. The Morgan fingerprint density at radius 3 is 2.56 bits per heavy atom. The molecule has 0 radical (unpaired) electrons. The number of hydrogen-bond donors (Lipinski definition) is 0. The molecule has 0 spiro atoms. The Bertz CT molecular complexity index is 1140. The van der Waals surface area contributed by atoms with Gasteiger partial charge < -0.3 is 9.64 Å². The van der Waals surface area contributed by atoms with Gasteiger partial charge in [-0.3, -0.25) is 14.5 Å². The molecule has 7 heteroatoms. The van der Waals surface area contributed by atoms with Gasteiger partial charge in [0.2, 0.25) is 11.8 Å². The molecule has 2 aromatic carbocycles. The highest BCUT2D eigenvalue weighted by Gasteiger charge is 2.25. The zero-order chi connectivity index (χ0) is 23.9. The zero-order valence-corrected chi connectivity index (χ0v) is 20.3. The van der Waals surface area contributed by atoms with Crippen LogP contribution in [0.25, 0.3) is 6.08 Å². The first-order valence-corrected chi connectivity index (χ1v) is 12.4. The van der Waals surface area contributed by atoms with E-state index in [0.717, 1.165) is 49.2 Å². The molecular formula is C27H29N3O3S. The molecule has 176 valence electrons. The summed E-state index contributed by atoms with van der Waals surface area (Å²) in [6.07, 6.45) is 7.49. The van der Waals surface area contributed by atoms with Crippen molar-refractivity contribution in [2.45, 2.75) is 38.6 Å². The van der Waals surface area contributed by atoms with Crippen molar-refractivity contribution in [3.63, 3.8) is 0 Å². The molecule has 34 heavy (non-hydrogen) atoms. The first-order chi connectivity index (χ1) is 16.6. The average Bonchev–Trinajstić information content (AvgIpc) is 3.17. The van der Waals surface area contributed by atoms with E-state index in [-0.39, 0.29) is 17.9 Å². The number of thiazole rings is 1. The molecule has 0 bridgehead atoms. The Balaban J connectivity index is 1.51. The summed E-state index contributed by atoms with van der Waals surface area (Å²) in [5.74, 6) is 0.674. The van der Waals surface area contributed by atoms with Gasteiger partial charge in [-0.25, -0.2) is 4.98 Å². The Hall–Kier alpha value is -3.45. The highest BCUT2D eigenvalue weighted by atomic mass is 32.1. The van der Waals surface area contributed by atoms with Gasteiger partial charge in [0.15, 0.2) is 5.13 Å². The minimum Gasteiger partial charge on any atom is -0.497 e. The van der Waals surface area contributed by atoms with Gasteiger partial charge in [-0.05, 0) is 48.7 Å². The summed E-state index contributed by atoms with van der Waals surface area (Å²) in [6.45, 7) is 2.25. The van der Waals surface area contributed by atoms with Crippen LogP contribution in [-0.2, 0) is 9.59 Å². The SMILES string of the molecule is COc1ccc([C@H]2CCCCCN2C(=O)/C=C/c2csc(N(C(C)=O)c3ccccc3)n2)cc1. The molecule has 2 amide bonds. The van der Waals surface area contributed by atoms with Crippen LogP contribution in [0.3, 0.4) is 0 Å². The van der Waals surface area contributed by atoms with Crippen LogP contribution in [-0.4, -0.2) is 35.4 Å². The van der Waals surface area contributed by atoms with Crippen LogP contribution in [0, 0.1) is 0 Å². The second-order valence-electron chi connectivity index (χ2n) is 8.25. The van der Waals surface area contributed by atoms with Crippen molar-refractivity contribution in [3.05, 3.63) is 77.3 Å². The smallest absolute Gasteiger partial charge is 0.247 e. The van der Waals surface area contributed by atoms with Crippen molar-refractivity contribution in [2.24, 2.45) is 0 Å². The van der Waals surface area contributed by atoms with Crippen molar-refractivity contribution in [3.8, 4) is 5.75 Å². The monoisotopic (exact) mass is 475 g/mol. The molecule has 0 N–H and O–H groups in total. The van der Waals surface area contributed by atoms with Crippen molar-refractivity contribution in [2.75, 3.05) is 18.6 Å². The maximum Gasteiger partial charge on any atom is 0.247 e. The molecule has 1 aliphatic rings. The number of benzene rings is 2. The number of nitrogens with zero attached hydrogens (tertiary/aromatic N) is 3. The Kier molecular flexibility index (Phi) is 7.75. The fourth-order valence-corrected chi connectivity index (χ4v) is 5.11. The third kappa shape index (κ3) is 5.54. The number of amides is 2. The summed E-state index contributed by atoms with van der Waals surface area (Å²) in [5, 5.41) is 2.44. The summed E-state index contributed by atoms with van der Waals surface area (Å²) in [4.78, 5) is 33.6. The van der Waals surface area contributed by atoms with E-state index in [9.17, 15) is 9.59 Å². The number of carbonyl (C=O) groups excluding carboxylic acids is 2. The van der Waals surface area contributed by atoms with Gasteiger partial charge in [0.25, 0.3) is 0 Å². The molecule has 0 unspecified atom stereocenters. The van der Waals surface area contributed by atoms with Crippen LogP contribution in [0.2, 0.25) is 0 Å². The van der Waals surface area contributed by atoms with Crippen molar-refractivity contribution in [1.29, 1.82) is 0 Å². The second kappa shape index (κ2) is 11.1. The Morgan fingerprint density at radius 1 is 1.09 bits per heavy atom. The standard InChI is InChI=1S/C27H29N3O3S/c1-20(31)30(23-9-5-3-6-10-23)27-28-22(19-34-27)14-17-26(32)29-18-8-4-7-11-25(29)21-12-15-24(33-2)16-13-21/h3,5-6,9-10,12-17,19,25H,4,7-8,11,18H2,1-2H3/b17-14+/t25-/m1/s1. The van der Waals surface area contributed by atoms with Crippen molar-refractivity contribution in [1.82, 2.24) is 9.88 Å². The molecule has 3 aromatic rings. The predicted octanol–water partition coefficient (Wildman–Crippen LogP) is 5.99. The first kappa shape index (κ1) is 23.7. The lowest BCUT2D eigenvalue weighted by molar-refractivity contribution is -0.128. The number of likely N-dealkylation sites (tertiary alicyclic amines) is 1. The topological polar surface area (TPSA) is 62.7 Å². The lowest BCUT2D eigenvalue weighted by Crippen LogP contribution is -2.33. The van der Waals surface area contributed by atoms with Crippen LogP contribution in [0.4, 0.5) is 10.8 Å². The quantitative estimate of drug-likeness (QED) is 0.411. The lowest BCUT2D eigenvalue weighted by Gasteiger charge is -2.29. The summed E-state index contributed by atoms with van der Waals surface area (Å²) < 4.78 is 5.28. The Labute approximate surface area is 204 Å². The van der Waals surface area contributed by atoms with E-state index in [1.165, 1.54) is 18.3 Å². The normalized spacial score (nSPS) is 16.3. The minimum atomic E-state index is -0.112. The fraction of sp³-hybridized carbons (Fsp3) is 0.296. The van der Waals surface area contributed by atoms with Gasteiger partial charge in [-0.1, -0.05) is 43.2 Å². The van der Waals surface area contributed by atoms with Gasteiger partial charge in [0.1, 0.15) is 5.75 Å². The number of methoxy groups -OCH3 is 1. The maximum atomic E-state index is 13.2. The highest BCUT2D eigenvalue weighted by molar-refractivity contribution is 7.14. The van der Waals surface area contributed by atoms with E-state index < -0.39 is 0 Å². The van der Waals surface area contributed by atoms with Crippen LogP contribution >= 0.6 is 11.3 Å². The van der Waals surface area contributed by atoms with Gasteiger partial charge in [0, 0.05) is 24.9 Å². The van der Waals surface area contributed by atoms with Crippen LogP contribution in [0.1, 0.15) is 49.9 Å². The van der Waals surface area contributed by atoms with E-state index in [1.807, 2.05) is 64.9 Å². The van der Waals surface area contributed by atoms with Gasteiger partial charge in [0.05, 0.1) is 24.5 Å². The molecule has 0 saturated carbocycles. The molecule has 1 aliphatic heterocycles. The predicted molar refractivity (Wildman–Crippen MR) is 136 cm³/mol. The molecule has 1 aromatic heterocycles. The molecule has 1 atom stereocenters. The number of anilines is 2. The van der Waals surface area contributed by atoms with Crippen LogP contribution in [0.15, 0.2) is 66.1 Å². The molecule has 2 heterocycles. The number of ether oxygens (including phenoxy) is 1. The number of para-hydroxylation sites is 1. The van der Waals surface area contributed by atoms with Crippen molar-refractivity contribution < 1.29 is 14.3 Å². The second-order valence-corrected chi connectivity index (χ2v) is 9.08. The summed E-state index contributed by atoms with van der Waals surface area (Å²) >= 11 is 1.38. The number of rotatable bonds is 6. The molecule has 6 nitrogen and oxygen atoms in total. The van der Waals surface area contributed by atoms with Gasteiger partial charge in [-0.2, -0.15) is 0 Å². The highest BCUT2D eigenvalue weighted by Crippen LogP contribution is 2.32. The van der Waals surface area contributed by atoms with E-state index >= 15 is 0 Å². The third-order valence-corrected chi connectivity index (χ3v) is 6.81. The number of hydrogen-bond acceptors (Lipinski definition) is 5. The zero-order valence-electron chi connectivity index (χ0n) is 19.5. The third-order valence-electron chi connectivity index (χ3n) is 5.96. The van der Waals surface area contributed by atoms with E-state index in [1.54, 1.807) is 24.2 Å². The molecule has 1 saturated heterocycles. The van der Waals surface area contributed by atoms with Crippen molar-refractivity contribution >= 4 is 40.0 Å². The van der Waals surface area contributed by atoms with E-state index in [4.69, 9.17) is 4.74 Å². The molecule has 4 rings (SSSR count). The fourth-order valence-electron chi connectivity index (χ4n) is 4.26. The minimum absolute atomic E-state index is 0.0243. The lowest BCUT2D eigenvalue weighted by atomic mass is 10.0. The molecule has 1 fully saturated rings. The van der Waals surface area contributed by atoms with Gasteiger partial charge in [-0.15, -0.1) is 11.3 Å². The summed E-state index contributed by atoms with van der Waals surface area (Å²) in [7, 11) is 1.65. The van der Waals surface area contributed by atoms with Crippen LogP contribution < -0.4 is 9.64 Å². The molecular weight excluding hydrogens is 446 g/mol. The summed E-state index contributed by atoms with van der Waals surface area (Å²) in [5.41, 5.74) is 2.55. The van der Waals surface area contributed by atoms with E-state index in [0.29, 0.717) is 10.8 Å². The summed E-state index contributed by atoms with van der Waals surface area (Å²) in [6, 6.07) is 17.5. The average molecular weight is 476 g/mol. The van der Waals surface area contributed by atoms with E-state index in [2.05, 4.69) is 4.98 Å². The molecule has 0 aliphatic carbocycles. The number of carbonyl (C=O) groups is 2. The Morgan fingerprint density at radius 2 is 1.85 bits per heavy atom. The largest absolute Gasteiger partial charge is 0.497 e. The van der Waals surface area contributed by atoms with Gasteiger partial charge >= 0.3 is 0 Å².